The van der Waals surface area contributed by atoms with E-state index in [2.05, 4.69) is 4.72 Å². The van der Waals surface area contributed by atoms with Crippen molar-refractivity contribution in [1.29, 1.82) is 0 Å². The molecule has 114 valence electrons. The van der Waals surface area contributed by atoms with Gasteiger partial charge in [-0.05, 0) is 43.9 Å². The molecule has 0 heterocycles. The zero-order valence-electron chi connectivity index (χ0n) is 10.9. The standard InChI is InChI=1S/C12H16ClFN2O2S.ClH/c1-12(7-15,8-2-3-8)16-19(17,18)11-6-9(14)4-5-10(11)13;/h4-6,8,16H,2-3,7,15H2,1H3;1H. The summed E-state index contributed by atoms with van der Waals surface area (Å²) in [5.41, 5.74) is 4.95. The molecule has 0 aliphatic heterocycles. The van der Waals surface area contributed by atoms with E-state index in [0.717, 1.165) is 25.0 Å². The third kappa shape index (κ3) is 3.62. The minimum Gasteiger partial charge on any atom is -0.329 e. The van der Waals surface area contributed by atoms with Gasteiger partial charge in [-0.15, -0.1) is 12.4 Å². The summed E-state index contributed by atoms with van der Waals surface area (Å²) in [5.74, 6) is -0.426. The Hall–Kier alpha value is -0.400. The van der Waals surface area contributed by atoms with Crippen LogP contribution in [-0.2, 0) is 10.0 Å². The van der Waals surface area contributed by atoms with Crippen molar-refractivity contribution in [3.05, 3.63) is 29.0 Å². The maximum Gasteiger partial charge on any atom is 0.242 e. The summed E-state index contributed by atoms with van der Waals surface area (Å²) in [6.45, 7) is 1.94. The zero-order chi connectivity index (χ0) is 14.3. The van der Waals surface area contributed by atoms with Crippen LogP contribution in [0.5, 0.6) is 0 Å². The molecule has 1 fully saturated rings. The topological polar surface area (TPSA) is 72.2 Å². The van der Waals surface area contributed by atoms with Crippen LogP contribution in [0.1, 0.15) is 19.8 Å². The number of rotatable bonds is 5. The van der Waals surface area contributed by atoms with Crippen molar-refractivity contribution in [1.82, 2.24) is 4.72 Å². The molecule has 1 unspecified atom stereocenters. The lowest BCUT2D eigenvalue weighted by Crippen LogP contribution is -2.53. The van der Waals surface area contributed by atoms with Crippen molar-refractivity contribution in [2.75, 3.05) is 6.54 Å². The first kappa shape index (κ1) is 17.7. The van der Waals surface area contributed by atoms with Crippen molar-refractivity contribution in [2.45, 2.75) is 30.2 Å². The second-order valence-corrected chi connectivity index (χ2v) is 7.13. The van der Waals surface area contributed by atoms with Gasteiger partial charge in [0.05, 0.1) is 5.02 Å². The summed E-state index contributed by atoms with van der Waals surface area (Å²) in [4.78, 5) is -0.255. The van der Waals surface area contributed by atoms with Crippen molar-refractivity contribution >= 4 is 34.0 Å². The van der Waals surface area contributed by atoms with Crippen LogP contribution in [0.2, 0.25) is 5.02 Å². The highest BCUT2D eigenvalue weighted by Crippen LogP contribution is 2.40. The van der Waals surface area contributed by atoms with Crippen molar-refractivity contribution in [3.63, 3.8) is 0 Å². The Morgan fingerprint density at radius 3 is 2.60 bits per heavy atom. The van der Waals surface area contributed by atoms with Crippen molar-refractivity contribution in [3.8, 4) is 0 Å². The van der Waals surface area contributed by atoms with Crippen LogP contribution in [0.3, 0.4) is 0 Å². The Morgan fingerprint density at radius 1 is 1.50 bits per heavy atom. The molecule has 0 spiro atoms. The van der Waals surface area contributed by atoms with E-state index < -0.39 is 21.4 Å². The van der Waals surface area contributed by atoms with Gasteiger partial charge in [-0.1, -0.05) is 11.6 Å². The molecular weight excluding hydrogens is 326 g/mol. The number of benzene rings is 1. The highest BCUT2D eigenvalue weighted by Gasteiger charge is 2.43. The number of sulfonamides is 1. The van der Waals surface area contributed by atoms with Crippen LogP contribution >= 0.6 is 24.0 Å². The molecule has 1 aromatic rings. The molecule has 8 heteroatoms. The van der Waals surface area contributed by atoms with E-state index in [1.807, 2.05) is 0 Å². The maximum atomic E-state index is 13.2. The predicted octanol–water partition coefficient (Wildman–Crippen LogP) is 2.31. The molecule has 1 aromatic carbocycles. The van der Waals surface area contributed by atoms with Gasteiger partial charge >= 0.3 is 0 Å². The second-order valence-electron chi connectivity index (χ2n) is 5.08. The highest BCUT2D eigenvalue weighted by atomic mass is 35.5. The average molecular weight is 343 g/mol. The van der Waals surface area contributed by atoms with Gasteiger partial charge in [0.2, 0.25) is 10.0 Å². The average Bonchev–Trinajstić information content (AvgIpc) is 3.15. The van der Waals surface area contributed by atoms with Gasteiger partial charge in [0.1, 0.15) is 10.7 Å². The van der Waals surface area contributed by atoms with Crippen molar-refractivity contribution in [2.24, 2.45) is 11.7 Å². The Morgan fingerprint density at radius 2 is 2.10 bits per heavy atom. The molecule has 1 atom stereocenters. The highest BCUT2D eigenvalue weighted by molar-refractivity contribution is 7.89. The van der Waals surface area contributed by atoms with Crippen LogP contribution in [-0.4, -0.2) is 20.5 Å². The van der Waals surface area contributed by atoms with Gasteiger partial charge in [-0.3, -0.25) is 0 Å². The molecule has 0 bridgehead atoms. The number of hydrogen-bond acceptors (Lipinski definition) is 3. The summed E-state index contributed by atoms with van der Waals surface area (Å²) < 4.78 is 40.3. The monoisotopic (exact) mass is 342 g/mol. The summed E-state index contributed by atoms with van der Waals surface area (Å²) in [7, 11) is -3.89. The summed E-state index contributed by atoms with van der Waals surface area (Å²) in [5, 5.41) is -0.0101. The van der Waals surface area contributed by atoms with Gasteiger partial charge in [-0.25, -0.2) is 17.5 Å². The molecule has 0 radical (unpaired) electrons. The molecule has 2 rings (SSSR count). The molecule has 1 saturated carbocycles. The minimum absolute atomic E-state index is 0. The first-order valence-electron chi connectivity index (χ1n) is 5.97. The molecule has 0 amide bonds. The molecule has 1 aliphatic carbocycles. The number of halogens is 3. The molecule has 0 saturated heterocycles. The first-order chi connectivity index (χ1) is 8.78. The van der Waals surface area contributed by atoms with Crippen LogP contribution in [0, 0.1) is 11.7 Å². The molecule has 0 aromatic heterocycles. The normalized spacial score (nSPS) is 18.2. The number of nitrogens with one attached hydrogen (secondary N) is 1. The third-order valence-electron chi connectivity index (χ3n) is 3.45. The molecule has 1 aliphatic rings. The van der Waals surface area contributed by atoms with Gasteiger partial charge in [0.25, 0.3) is 0 Å². The third-order valence-corrected chi connectivity index (χ3v) is 5.55. The van der Waals surface area contributed by atoms with E-state index >= 15 is 0 Å². The van der Waals surface area contributed by atoms with Crippen LogP contribution in [0.15, 0.2) is 23.1 Å². The Bertz CT molecular complexity index is 593. The van der Waals surface area contributed by atoms with Crippen LogP contribution in [0.25, 0.3) is 0 Å². The Kier molecular flexibility index (Phi) is 5.43. The quantitative estimate of drug-likeness (QED) is 0.862. The summed E-state index contributed by atoms with van der Waals surface area (Å²) >= 11 is 5.83. The lowest BCUT2D eigenvalue weighted by Gasteiger charge is -2.29. The number of hydrogen-bond donors (Lipinski definition) is 2. The van der Waals surface area contributed by atoms with Gasteiger partial charge < -0.3 is 5.73 Å². The maximum absolute atomic E-state index is 13.2. The summed E-state index contributed by atoms with van der Waals surface area (Å²) in [6.07, 6.45) is 1.88. The Labute approximate surface area is 129 Å². The van der Waals surface area contributed by atoms with E-state index in [1.54, 1.807) is 6.92 Å². The second kappa shape index (κ2) is 6.15. The Balaban J connectivity index is 0.00000200. The van der Waals surface area contributed by atoms with Crippen molar-refractivity contribution < 1.29 is 12.8 Å². The fourth-order valence-corrected chi connectivity index (χ4v) is 4.05. The minimum atomic E-state index is -3.89. The molecule has 3 N–H and O–H groups in total. The van der Waals surface area contributed by atoms with Gasteiger partial charge in [0, 0.05) is 12.1 Å². The lowest BCUT2D eigenvalue weighted by molar-refractivity contribution is 0.374. The molecular formula is C12H17Cl2FN2O2S. The van der Waals surface area contributed by atoms with E-state index in [9.17, 15) is 12.8 Å². The lowest BCUT2D eigenvalue weighted by atomic mass is 9.98. The van der Waals surface area contributed by atoms with Gasteiger partial charge in [0.15, 0.2) is 0 Å². The largest absolute Gasteiger partial charge is 0.329 e. The van der Waals surface area contributed by atoms with E-state index in [-0.39, 0.29) is 34.8 Å². The predicted molar refractivity (Wildman–Crippen MR) is 79.2 cm³/mol. The smallest absolute Gasteiger partial charge is 0.242 e. The van der Waals surface area contributed by atoms with E-state index in [0.29, 0.717) is 0 Å². The fourth-order valence-electron chi connectivity index (χ4n) is 2.06. The van der Waals surface area contributed by atoms with E-state index in [4.69, 9.17) is 17.3 Å². The fraction of sp³-hybridized carbons (Fsp3) is 0.500. The summed E-state index contributed by atoms with van der Waals surface area (Å²) in [6, 6.07) is 3.25. The van der Waals surface area contributed by atoms with Gasteiger partial charge in [-0.2, -0.15) is 0 Å². The number of nitrogens with two attached hydrogens (primary N) is 1. The first-order valence-corrected chi connectivity index (χ1v) is 7.84. The van der Waals surface area contributed by atoms with Crippen LogP contribution in [0.4, 0.5) is 4.39 Å². The molecule has 4 nitrogen and oxygen atoms in total. The van der Waals surface area contributed by atoms with Crippen LogP contribution < -0.4 is 10.5 Å². The zero-order valence-corrected chi connectivity index (χ0v) is 13.3. The molecule has 20 heavy (non-hydrogen) atoms. The SMILES string of the molecule is CC(CN)(NS(=O)(=O)c1cc(F)ccc1Cl)C1CC1.Cl. The van der Waals surface area contributed by atoms with E-state index in [1.165, 1.54) is 6.07 Å².